The molecule has 9 rings (SSSR count). The van der Waals surface area contributed by atoms with Crippen molar-refractivity contribution in [2.45, 2.75) is 0 Å². The maximum absolute atomic E-state index is 5.23. The lowest BCUT2D eigenvalue weighted by atomic mass is 9.87. The van der Waals surface area contributed by atoms with E-state index in [4.69, 9.17) is 4.98 Å². The summed E-state index contributed by atoms with van der Waals surface area (Å²) < 4.78 is 2.64. The monoisotopic (exact) mass is 641 g/mol. The molecule has 49 heavy (non-hydrogen) atoms. The molecular formula is C47H31NS. The summed E-state index contributed by atoms with van der Waals surface area (Å²) in [5, 5.41) is 2.62. The Morgan fingerprint density at radius 1 is 0.306 bits per heavy atom. The van der Waals surface area contributed by atoms with Crippen molar-refractivity contribution in [3.63, 3.8) is 0 Å². The summed E-state index contributed by atoms with van der Waals surface area (Å²) in [6.45, 7) is 0. The summed E-state index contributed by atoms with van der Waals surface area (Å²) in [5.41, 5.74) is 13.7. The summed E-state index contributed by atoms with van der Waals surface area (Å²) in [4.78, 5) is 5.23. The van der Waals surface area contributed by atoms with Crippen LogP contribution in [0, 0.1) is 0 Å². The number of aromatic nitrogens is 1. The van der Waals surface area contributed by atoms with E-state index >= 15 is 0 Å². The van der Waals surface area contributed by atoms with E-state index < -0.39 is 0 Å². The lowest BCUT2D eigenvalue weighted by molar-refractivity contribution is 1.32. The van der Waals surface area contributed by atoms with Crippen LogP contribution in [0.3, 0.4) is 0 Å². The first-order valence-corrected chi connectivity index (χ1v) is 17.4. The molecule has 0 atom stereocenters. The van der Waals surface area contributed by atoms with Gasteiger partial charge in [0, 0.05) is 31.3 Å². The van der Waals surface area contributed by atoms with Gasteiger partial charge in [0.05, 0.1) is 11.4 Å². The minimum Gasteiger partial charge on any atom is -0.248 e. The molecule has 0 saturated carbocycles. The number of hydrogen-bond donors (Lipinski definition) is 0. The Morgan fingerprint density at radius 2 is 0.837 bits per heavy atom. The largest absolute Gasteiger partial charge is 0.248 e. The number of benzene rings is 7. The van der Waals surface area contributed by atoms with Crippen LogP contribution in [0.1, 0.15) is 0 Å². The van der Waals surface area contributed by atoms with Gasteiger partial charge in [-0.3, -0.25) is 0 Å². The Kier molecular flexibility index (Phi) is 7.42. The van der Waals surface area contributed by atoms with Gasteiger partial charge in [-0.05, 0) is 80.9 Å². The number of hydrogen-bond acceptors (Lipinski definition) is 2. The maximum Gasteiger partial charge on any atom is 0.0715 e. The topological polar surface area (TPSA) is 12.9 Å². The number of fused-ring (bicyclic) bond motifs is 3. The van der Waals surface area contributed by atoms with Crippen LogP contribution in [0.15, 0.2) is 188 Å². The van der Waals surface area contributed by atoms with Gasteiger partial charge in [-0.2, -0.15) is 0 Å². The number of nitrogens with zero attached hydrogens (tertiary/aromatic N) is 1. The zero-order chi connectivity index (χ0) is 32.6. The Balaban J connectivity index is 1.22. The molecule has 0 aliphatic carbocycles. The minimum absolute atomic E-state index is 0.953. The van der Waals surface area contributed by atoms with Crippen molar-refractivity contribution in [3.8, 4) is 67.0 Å². The third-order valence-electron chi connectivity index (χ3n) is 9.29. The molecule has 0 amide bonds. The van der Waals surface area contributed by atoms with Crippen LogP contribution in [0.2, 0.25) is 0 Å². The predicted octanol–water partition coefficient (Wildman–Crippen LogP) is 13.5. The molecule has 0 radical (unpaired) electrons. The molecule has 0 aliphatic rings. The summed E-state index contributed by atoms with van der Waals surface area (Å²) in [6, 6.07) is 67.5. The van der Waals surface area contributed by atoms with Gasteiger partial charge in [0.15, 0.2) is 0 Å². The van der Waals surface area contributed by atoms with Crippen molar-refractivity contribution >= 4 is 31.5 Å². The molecule has 0 saturated heterocycles. The van der Waals surface area contributed by atoms with Crippen molar-refractivity contribution in [1.29, 1.82) is 0 Å². The quantitative estimate of drug-likeness (QED) is 0.176. The van der Waals surface area contributed by atoms with Crippen LogP contribution in [0.5, 0.6) is 0 Å². The van der Waals surface area contributed by atoms with Gasteiger partial charge in [0.25, 0.3) is 0 Å². The van der Waals surface area contributed by atoms with Crippen LogP contribution < -0.4 is 0 Å². The summed E-state index contributed by atoms with van der Waals surface area (Å²) in [6.07, 6.45) is 0. The molecule has 0 bridgehead atoms. The number of pyridine rings is 1. The van der Waals surface area contributed by atoms with E-state index in [1.165, 1.54) is 53.6 Å². The van der Waals surface area contributed by atoms with Gasteiger partial charge < -0.3 is 0 Å². The average molecular weight is 642 g/mol. The Labute approximate surface area is 290 Å². The molecular weight excluding hydrogens is 611 g/mol. The van der Waals surface area contributed by atoms with Gasteiger partial charge >= 0.3 is 0 Å². The van der Waals surface area contributed by atoms with Crippen molar-refractivity contribution in [3.05, 3.63) is 188 Å². The number of rotatable bonds is 6. The lowest BCUT2D eigenvalue weighted by Gasteiger charge is -2.17. The van der Waals surface area contributed by atoms with E-state index in [1.807, 2.05) is 17.4 Å². The fraction of sp³-hybridized carbons (Fsp3) is 0. The Bertz CT molecular complexity index is 2530. The second-order valence-electron chi connectivity index (χ2n) is 12.3. The van der Waals surface area contributed by atoms with E-state index in [0.29, 0.717) is 0 Å². The van der Waals surface area contributed by atoms with Gasteiger partial charge in [0.1, 0.15) is 0 Å². The van der Waals surface area contributed by atoms with Crippen molar-refractivity contribution in [2.24, 2.45) is 0 Å². The molecule has 2 heteroatoms. The first kappa shape index (κ1) is 29.1. The molecule has 0 unspecified atom stereocenters. The molecule has 0 spiro atoms. The lowest BCUT2D eigenvalue weighted by Crippen LogP contribution is -1.93. The van der Waals surface area contributed by atoms with Crippen molar-refractivity contribution < 1.29 is 0 Å². The molecule has 1 nitrogen and oxygen atoms in total. The molecule has 230 valence electrons. The summed E-state index contributed by atoms with van der Waals surface area (Å²) in [7, 11) is 0. The van der Waals surface area contributed by atoms with Gasteiger partial charge in [-0.25, -0.2) is 4.98 Å². The summed E-state index contributed by atoms with van der Waals surface area (Å²) in [5.74, 6) is 0. The maximum atomic E-state index is 5.23. The van der Waals surface area contributed by atoms with Crippen LogP contribution in [0.4, 0.5) is 0 Å². The second-order valence-corrected chi connectivity index (χ2v) is 13.4. The zero-order valence-electron chi connectivity index (χ0n) is 26.8. The van der Waals surface area contributed by atoms with Crippen LogP contribution in [0.25, 0.3) is 87.2 Å². The second kappa shape index (κ2) is 12.5. The van der Waals surface area contributed by atoms with E-state index in [0.717, 1.165) is 33.6 Å². The van der Waals surface area contributed by atoms with E-state index in [1.54, 1.807) is 0 Å². The highest BCUT2D eigenvalue weighted by Gasteiger charge is 2.17. The Hall–Kier alpha value is -6.09. The van der Waals surface area contributed by atoms with Crippen LogP contribution in [-0.4, -0.2) is 4.98 Å². The highest BCUT2D eigenvalue weighted by Crippen LogP contribution is 2.43. The SMILES string of the molecule is c1ccc(-c2cc(-c3ccccc3)nc(-c3cccc(-c4cccc(-c5ccc6sc7ccccc7c6c5)c4-c4ccccc4)c3)c2)cc1. The van der Waals surface area contributed by atoms with E-state index in [9.17, 15) is 0 Å². The number of thiophene rings is 1. The predicted molar refractivity (Wildman–Crippen MR) is 210 cm³/mol. The van der Waals surface area contributed by atoms with E-state index in [2.05, 4.69) is 182 Å². The molecule has 9 aromatic rings. The zero-order valence-corrected chi connectivity index (χ0v) is 27.6. The van der Waals surface area contributed by atoms with Crippen LogP contribution in [-0.2, 0) is 0 Å². The van der Waals surface area contributed by atoms with Gasteiger partial charge in [-0.15, -0.1) is 11.3 Å². The van der Waals surface area contributed by atoms with Crippen LogP contribution >= 0.6 is 11.3 Å². The molecule has 0 fully saturated rings. The molecule has 2 aromatic heterocycles. The fourth-order valence-electron chi connectivity index (χ4n) is 6.92. The fourth-order valence-corrected chi connectivity index (χ4v) is 8.01. The smallest absolute Gasteiger partial charge is 0.0715 e. The summed E-state index contributed by atoms with van der Waals surface area (Å²) >= 11 is 1.86. The molecule has 0 N–H and O–H groups in total. The average Bonchev–Trinajstić information content (AvgIpc) is 3.56. The molecule has 7 aromatic carbocycles. The minimum atomic E-state index is 0.953. The third kappa shape index (κ3) is 5.53. The normalized spacial score (nSPS) is 11.3. The first-order chi connectivity index (χ1) is 24.3. The van der Waals surface area contributed by atoms with Gasteiger partial charge in [-0.1, -0.05) is 152 Å². The van der Waals surface area contributed by atoms with Crippen molar-refractivity contribution in [2.75, 3.05) is 0 Å². The highest BCUT2D eigenvalue weighted by atomic mass is 32.1. The Morgan fingerprint density at radius 3 is 1.57 bits per heavy atom. The highest BCUT2D eigenvalue weighted by molar-refractivity contribution is 7.25. The molecule has 0 aliphatic heterocycles. The standard InChI is InChI=1S/C47H31NS/c1-4-14-32(15-5-1)38-30-43(33-16-6-2-7-17-33)48-44(31-38)37-21-12-20-35(28-37)39-23-13-24-40(47(39)34-18-8-3-9-19-34)36-26-27-46-42(29-36)41-22-10-11-25-45(41)49-46/h1-31H. The van der Waals surface area contributed by atoms with Crippen molar-refractivity contribution in [1.82, 2.24) is 4.98 Å². The first-order valence-electron chi connectivity index (χ1n) is 16.6. The third-order valence-corrected chi connectivity index (χ3v) is 10.4. The molecule has 2 heterocycles. The van der Waals surface area contributed by atoms with E-state index in [-0.39, 0.29) is 0 Å². The van der Waals surface area contributed by atoms with Gasteiger partial charge in [0.2, 0.25) is 0 Å².